The summed E-state index contributed by atoms with van der Waals surface area (Å²) in [6.45, 7) is 5.82. The zero-order chi connectivity index (χ0) is 15.4. The molecule has 0 bridgehead atoms. The summed E-state index contributed by atoms with van der Waals surface area (Å²) in [5, 5.41) is 9.52. The van der Waals surface area contributed by atoms with E-state index in [1.807, 2.05) is 12.1 Å². The fraction of sp³-hybridized carbons (Fsp3) is 0.375. The van der Waals surface area contributed by atoms with Crippen LogP contribution in [0.2, 0.25) is 0 Å². The number of benzene rings is 1. The summed E-state index contributed by atoms with van der Waals surface area (Å²) < 4.78 is 0. The molecule has 1 aliphatic heterocycles. The number of piperazine rings is 1. The van der Waals surface area contributed by atoms with Crippen molar-refractivity contribution in [3.8, 4) is 5.75 Å². The minimum atomic E-state index is 0.319. The monoisotopic (exact) mass is 299 g/mol. The van der Waals surface area contributed by atoms with Crippen molar-refractivity contribution in [2.24, 2.45) is 0 Å². The van der Waals surface area contributed by atoms with Crippen molar-refractivity contribution >= 4 is 5.95 Å². The second kappa shape index (κ2) is 6.72. The molecule has 0 unspecified atom stereocenters. The average Bonchev–Trinajstić information content (AvgIpc) is 2.52. The van der Waals surface area contributed by atoms with Gasteiger partial charge in [0, 0.05) is 57.2 Å². The van der Waals surface area contributed by atoms with Gasteiger partial charge in [0.2, 0.25) is 5.95 Å². The van der Waals surface area contributed by atoms with E-state index in [2.05, 4.69) is 25.8 Å². The number of nitrogens with zero attached hydrogens (tertiary/aromatic N) is 4. The molecule has 1 saturated heterocycles. The van der Waals surface area contributed by atoms with Crippen molar-refractivity contribution in [3.63, 3.8) is 0 Å². The van der Waals surface area contributed by atoms with E-state index in [0.29, 0.717) is 11.7 Å². The lowest BCUT2D eigenvalue weighted by atomic mass is 10.2. The minimum Gasteiger partial charge on any atom is -0.508 e. The van der Waals surface area contributed by atoms with Crippen LogP contribution in [0.25, 0.3) is 0 Å². The Balaban J connectivity index is 1.49. The van der Waals surface area contributed by atoms with Gasteiger partial charge in [-0.25, -0.2) is 9.97 Å². The molecule has 1 aliphatic rings. The predicted octanol–water partition coefficient (Wildman–Crippen LogP) is 1.08. The Morgan fingerprint density at radius 1 is 0.955 bits per heavy atom. The highest BCUT2D eigenvalue weighted by molar-refractivity contribution is 5.27. The van der Waals surface area contributed by atoms with Gasteiger partial charge >= 0.3 is 0 Å². The van der Waals surface area contributed by atoms with E-state index < -0.39 is 0 Å². The number of nitrogens with two attached hydrogens (primary N) is 1. The molecule has 6 heteroatoms. The van der Waals surface area contributed by atoms with Crippen molar-refractivity contribution in [2.45, 2.75) is 13.1 Å². The Morgan fingerprint density at radius 3 is 2.14 bits per heavy atom. The highest BCUT2D eigenvalue weighted by Gasteiger charge is 2.17. The van der Waals surface area contributed by atoms with Crippen LogP contribution in [-0.2, 0) is 13.1 Å². The maximum Gasteiger partial charge on any atom is 0.219 e. The van der Waals surface area contributed by atoms with Gasteiger partial charge < -0.3 is 10.8 Å². The number of nitrogen functional groups attached to an aromatic ring is 1. The van der Waals surface area contributed by atoms with E-state index in [4.69, 9.17) is 5.73 Å². The zero-order valence-corrected chi connectivity index (χ0v) is 12.5. The van der Waals surface area contributed by atoms with Crippen molar-refractivity contribution in [1.82, 2.24) is 19.8 Å². The fourth-order valence-electron chi connectivity index (χ4n) is 2.72. The molecule has 0 saturated carbocycles. The number of phenolic OH excluding ortho intramolecular Hbond substituents is 1. The number of anilines is 1. The van der Waals surface area contributed by atoms with Crippen LogP contribution < -0.4 is 5.73 Å². The molecule has 116 valence electrons. The molecule has 1 fully saturated rings. The summed E-state index contributed by atoms with van der Waals surface area (Å²) in [6.07, 6.45) is 3.59. The van der Waals surface area contributed by atoms with E-state index in [1.54, 1.807) is 18.5 Å². The van der Waals surface area contributed by atoms with Gasteiger partial charge in [0.05, 0.1) is 0 Å². The minimum absolute atomic E-state index is 0.319. The fourth-order valence-corrected chi connectivity index (χ4v) is 2.72. The first-order chi connectivity index (χ1) is 10.7. The summed E-state index contributed by atoms with van der Waals surface area (Å²) in [4.78, 5) is 12.9. The maximum absolute atomic E-state index is 9.52. The van der Waals surface area contributed by atoms with Gasteiger partial charge in [-0.2, -0.15) is 0 Å². The Bertz CT molecular complexity index is 608. The molecule has 22 heavy (non-hydrogen) atoms. The summed E-state index contributed by atoms with van der Waals surface area (Å²) >= 11 is 0. The van der Waals surface area contributed by atoms with E-state index in [1.165, 1.54) is 0 Å². The second-order valence-corrected chi connectivity index (χ2v) is 5.67. The van der Waals surface area contributed by atoms with Crippen molar-refractivity contribution in [2.75, 3.05) is 31.9 Å². The van der Waals surface area contributed by atoms with Crippen LogP contribution in [0.3, 0.4) is 0 Å². The molecule has 1 aromatic carbocycles. The first kappa shape index (κ1) is 14.7. The van der Waals surface area contributed by atoms with Crippen LogP contribution in [0.15, 0.2) is 36.7 Å². The van der Waals surface area contributed by atoms with Gasteiger partial charge in [0.25, 0.3) is 0 Å². The van der Waals surface area contributed by atoms with E-state index in [0.717, 1.165) is 50.4 Å². The van der Waals surface area contributed by atoms with Crippen molar-refractivity contribution in [3.05, 3.63) is 47.8 Å². The standard InChI is InChI=1S/C16H21N5O/c17-16-18-9-14(10-19-16)12-21-6-4-20(5-7-21)11-13-2-1-3-15(22)8-13/h1-3,8-10,22H,4-7,11-12H2,(H2,17,18,19). The first-order valence-electron chi connectivity index (χ1n) is 7.48. The number of phenols is 1. The van der Waals surface area contributed by atoms with Crippen molar-refractivity contribution in [1.29, 1.82) is 0 Å². The molecule has 0 atom stereocenters. The lowest BCUT2D eigenvalue weighted by Crippen LogP contribution is -2.45. The third kappa shape index (κ3) is 3.93. The number of aromatic nitrogens is 2. The quantitative estimate of drug-likeness (QED) is 0.879. The van der Waals surface area contributed by atoms with Crippen LogP contribution in [0, 0.1) is 0 Å². The molecule has 2 heterocycles. The van der Waals surface area contributed by atoms with Gasteiger partial charge in [-0.3, -0.25) is 9.80 Å². The van der Waals surface area contributed by atoms with Gasteiger partial charge in [0.15, 0.2) is 0 Å². The molecule has 3 N–H and O–H groups in total. The zero-order valence-electron chi connectivity index (χ0n) is 12.5. The Hall–Kier alpha value is -2.18. The van der Waals surface area contributed by atoms with Crippen LogP contribution >= 0.6 is 0 Å². The second-order valence-electron chi connectivity index (χ2n) is 5.67. The first-order valence-corrected chi connectivity index (χ1v) is 7.48. The Labute approximate surface area is 130 Å². The maximum atomic E-state index is 9.52. The summed E-state index contributed by atoms with van der Waals surface area (Å²) in [7, 11) is 0. The van der Waals surface area contributed by atoms with Crippen molar-refractivity contribution < 1.29 is 5.11 Å². The molecule has 6 nitrogen and oxygen atoms in total. The molecule has 2 aromatic rings. The highest BCUT2D eigenvalue weighted by atomic mass is 16.3. The number of rotatable bonds is 4. The van der Waals surface area contributed by atoms with E-state index in [-0.39, 0.29) is 0 Å². The van der Waals surface area contributed by atoms with Crippen LogP contribution in [-0.4, -0.2) is 51.1 Å². The van der Waals surface area contributed by atoms with E-state index in [9.17, 15) is 5.11 Å². The van der Waals surface area contributed by atoms with Gasteiger partial charge in [-0.1, -0.05) is 12.1 Å². The summed E-state index contributed by atoms with van der Waals surface area (Å²) in [5.41, 5.74) is 7.75. The Kier molecular flexibility index (Phi) is 4.50. The van der Waals surface area contributed by atoms with Crippen LogP contribution in [0.5, 0.6) is 5.75 Å². The van der Waals surface area contributed by atoms with Crippen LogP contribution in [0.1, 0.15) is 11.1 Å². The van der Waals surface area contributed by atoms with Gasteiger partial charge in [-0.15, -0.1) is 0 Å². The highest BCUT2D eigenvalue weighted by Crippen LogP contribution is 2.15. The van der Waals surface area contributed by atoms with Crippen LogP contribution in [0.4, 0.5) is 5.95 Å². The molecule has 0 radical (unpaired) electrons. The molecule has 1 aromatic heterocycles. The summed E-state index contributed by atoms with van der Waals surface area (Å²) in [5.74, 6) is 0.652. The molecule has 0 amide bonds. The molecular formula is C16H21N5O. The van der Waals surface area contributed by atoms with E-state index >= 15 is 0 Å². The third-order valence-corrected chi connectivity index (χ3v) is 3.91. The average molecular weight is 299 g/mol. The topological polar surface area (TPSA) is 78.5 Å². The lowest BCUT2D eigenvalue weighted by Gasteiger charge is -2.34. The molecule has 0 spiro atoms. The largest absolute Gasteiger partial charge is 0.508 e. The molecule has 0 aliphatic carbocycles. The Morgan fingerprint density at radius 2 is 1.55 bits per heavy atom. The predicted molar refractivity (Wildman–Crippen MR) is 85.1 cm³/mol. The van der Waals surface area contributed by atoms with Gasteiger partial charge in [-0.05, 0) is 17.7 Å². The SMILES string of the molecule is Nc1ncc(CN2CCN(Cc3cccc(O)c3)CC2)cn1. The lowest BCUT2D eigenvalue weighted by molar-refractivity contribution is 0.122. The molecular weight excluding hydrogens is 278 g/mol. The van der Waals surface area contributed by atoms with Gasteiger partial charge in [0.1, 0.15) is 5.75 Å². The number of aromatic hydroxyl groups is 1. The third-order valence-electron chi connectivity index (χ3n) is 3.91. The molecule has 3 rings (SSSR count). The number of hydrogen-bond acceptors (Lipinski definition) is 6. The summed E-state index contributed by atoms with van der Waals surface area (Å²) in [6, 6.07) is 7.48. The smallest absolute Gasteiger partial charge is 0.219 e. The number of hydrogen-bond donors (Lipinski definition) is 2. The normalized spacial score (nSPS) is 16.7.